The fourth-order valence-corrected chi connectivity index (χ4v) is 4.65. The Morgan fingerprint density at radius 1 is 0.652 bits per heavy atom. The number of amides is 2. The summed E-state index contributed by atoms with van der Waals surface area (Å²) in [4.78, 5) is 48.7. The Morgan fingerprint density at radius 3 is 1.50 bits per heavy atom. The van der Waals surface area contributed by atoms with Gasteiger partial charge in [-0.25, -0.2) is 9.59 Å². The van der Waals surface area contributed by atoms with Crippen LogP contribution in [0.15, 0.2) is 0 Å². The van der Waals surface area contributed by atoms with E-state index in [0.29, 0.717) is 17.5 Å². The number of carbonyl (C=O) groups excluding carboxylic acids is 4. The van der Waals surface area contributed by atoms with Crippen LogP contribution < -0.4 is 41.0 Å². The first-order valence-corrected chi connectivity index (χ1v) is 15.5. The highest BCUT2D eigenvalue weighted by Gasteiger charge is 2.29. The first-order chi connectivity index (χ1) is 22.1. The van der Waals surface area contributed by atoms with Gasteiger partial charge in [0.15, 0.2) is 11.5 Å². The fraction of sp³-hybridized carbons (Fsp3) is 0.677. The van der Waals surface area contributed by atoms with E-state index in [-0.39, 0.29) is 55.5 Å². The van der Waals surface area contributed by atoms with Crippen LogP contribution in [0.3, 0.4) is 0 Å². The van der Waals surface area contributed by atoms with Crippen molar-refractivity contribution < 1.29 is 52.7 Å². The molecule has 0 heterocycles. The van der Waals surface area contributed by atoms with Crippen LogP contribution in [-0.2, 0) is 25.5 Å². The number of carbonyl (C=O) groups is 4. The third kappa shape index (κ3) is 13.7. The van der Waals surface area contributed by atoms with Crippen LogP contribution >= 0.6 is 0 Å². The Kier molecular flexibility index (Phi) is 19.8. The maximum atomic E-state index is 12.9. The van der Waals surface area contributed by atoms with E-state index in [9.17, 15) is 19.2 Å². The summed E-state index contributed by atoms with van der Waals surface area (Å²) in [5, 5.41) is 14.1. The standard InChI is InChI=1S/C31H52N4O11/c1-20-21(14-12-10-8-6-7-9-11-13-19-36)25(46-31(40)35-18-16-23(33)29(38)44-5)27(42-3)26(41-2)24(20)45-30(39)34-17-15-22(32)28(37)43-4/h22-23,36H,6-19,32-33H2,1-5H3,(H,34,39)(H,35,40)/t22-,23-/m0/s1. The highest BCUT2D eigenvalue weighted by Crippen LogP contribution is 2.50. The third-order valence-electron chi connectivity index (χ3n) is 7.28. The van der Waals surface area contributed by atoms with E-state index in [1.807, 2.05) is 0 Å². The van der Waals surface area contributed by atoms with Crippen molar-refractivity contribution in [1.82, 2.24) is 10.6 Å². The molecule has 1 rings (SSSR count). The first-order valence-electron chi connectivity index (χ1n) is 15.5. The Hall–Kier alpha value is -3.82. The van der Waals surface area contributed by atoms with Gasteiger partial charge in [0.1, 0.15) is 12.1 Å². The Bertz CT molecular complexity index is 1120. The summed E-state index contributed by atoms with van der Waals surface area (Å²) in [7, 11) is 5.18. The molecular formula is C31H52N4O11. The number of hydrogen-bond acceptors (Lipinski definition) is 13. The minimum Gasteiger partial charge on any atom is -0.490 e. The number of esters is 2. The van der Waals surface area contributed by atoms with Crippen LogP contribution in [0.2, 0.25) is 0 Å². The molecular weight excluding hydrogens is 604 g/mol. The molecule has 15 nitrogen and oxygen atoms in total. The van der Waals surface area contributed by atoms with Gasteiger partial charge in [0.05, 0.1) is 28.4 Å². The lowest BCUT2D eigenvalue weighted by atomic mass is 9.98. The van der Waals surface area contributed by atoms with Crippen LogP contribution in [0.1, 0.15) is 75.3 Å². The molecule has 0 aliphatic carbocycles. The quantitative estimate of drug-likeness (QED) is 0.0896. The van der Waals surface area contributed by atoms with Gasteiger partial charge in [0, 0.05) is 30.8 Å². The number of aliphatic hydroxyl groups excluding tert-OH is 1. The van der Waals surface area contributed by atoms with Gasteiger partial charge in [-0.05, 0) is 39.0 Å². The molecule has 0 saturated carbocycles. The molecule has 7 N–H and O–H groups in total. The second kappa shape index (κ2) is 22.6. The average molecular weight is 657 g/mol. The van der Waals surface area contributed by atoms with Gasteiger partial charge in [0.2, 0.25) is 11.5 Å². The number of rotatable bonds is 22. The number of aliphatic hydroxyl groups is 1. The Balaban J connectivity index is 3.19. The molecule has 0 unspecified atom stereocenters. The van der Waals surface area contributed by atoms with Gasteiger partial charge >= 0.3 is 24.1 Å². The highest BCUT2D eigenvalue weighted by atomic mass is 16.6. The van der Waals surface area contributed by atoms with Gasteiger partial charge in [-0.2, -0.15) is 0 Å². The van der Waals surface area contributed by atoms with E-state index in [1.54, 1.807) is 6.92 Å². The molecule has 1 aromatic carbocycles. The Labute approximate surface area is 270 Å². The summed E-state index contributed by atoms with van der Waals surface area (Å²) in [5.41, 5.74) is 12.6. The molecule has 262 valence electrons. The second-order valence-corrected chi connectivity index (χ2v) is 10.6. The van der Waals surface area contributed by atoms with Crippen molar-refractivity contribution in [2.24, 2.45) is 11.5 Å². The van der Waals surface area contributed by atoms with Crippen LogP contribution in [0, 0.1) is 6.92 Å². The van der Waals surface area contributed by atoms with Crippen LogP contribution in [0.5, 0.6) is 23.0 Å². The summed E-state index contributed by atoms with van der Waals surface area (Å²) in [6.07, 6.45) is 6.79. The molecule has 2 atom stereocenters. The van der Waals surface area contributed by atoms with Gasteiger partial charge < -0.3 is 55.6 Å². The number of ether oxygens (including phenoxy) is 6. The monoisotopic (exact) mass is 656 g/mol. The summed E-state index contributed by atoms with van der Waals surface area (Å²) in [6.45, 7) is 2.02. The van der Waals surface area contributed by atoms with E-state index in [4.69, 9.17) is 35.5 Å². The van der Waals surface area contributed by atoms with E-state index < -0.39 is 36.2 Å². The van der Waals surface area contributed by atoms with E-state index in [0.717, 1.165) is 51.4 Å². The number of nitrogens with two attached hydrogens (primary N) is 2. The summed E-state index contributed by atoms with van der Waals surface area (Å²) in [6, 6.07) is -1.82. The molecule has 15 heteroatoms. The zero-order valence-electron chi connectivity index (χ0n) is 27.7. The van der Waals surface area contributed by atoms with Crippen molar-refractivity contribution >= 4 is 24.1 Å². The van der Waals surface area contributed by atoms with Crippen LogP contribution in [0.4, 0.5) is 9.59 Å². The van der Waals surface area contributed by atoms with Crippen LogP contribution in [-0.4, -0.2) is 89.5 Å². The molecule has 0 saturated heterocycles. The second-order valence-electron chi connectivity index (χ2n) is 10.6. The van der Waals surface area contributed by atoms with Crippen molar-refractivity contribution in [3.63, 3.8) is 0 Å². The maximum Gasteiger partial charge on any atom is 0.412 e. The minimum atomic E-state index is -0.911. The molecule has 0 bridgehead atoms. The van der Waals surface area contributed by atoms with E-state index in [1.165, 1.54) is 28.4 Å². The van der Waals surface area contributed by atoms with Gasteiger partial charge in [-0.3, -0.25) is 9.59 Å². The van der Waals surface area contributed by atoms with E-state index in [2.05, 4.69) is 20.1 Å². The van der Waals surface area contributed by atoms with Crippen molar-refractivity contribution in [3.05, 3.63) is 11.1 Å². The molecule has 2 amide bonds. The molecule has 0 aliphatic heterocycles. The van der Waals surface area contributed by atoms with Gasteiger partial charge in [0.25, 0.3) is 0 Å². The van der Waals surface area contributed by atoms with Gasteiger partial charge in [-0.1, -0.05) is 38.5 Å². The molecule has 0 aromatic heterocycles. The lowest BCUT2D eigenvalue weighted by Gasteiger charge is -2.22. The number of hydrogen-bond donors (Lipinski definition) is 5. The van der Waals surface area contributed by atoms with Crippen molar-refractivity contribution in [3.8, 4) is 23.0 Å². The number of unbranched alkanes of at least 4 members (excludes halogenated alkanes) is 7. The Morgan fingerprint density at radius 2 is 1.07 bits per heavy atom. The smallest absolute Gasteiger partial charge is 0.412 e. The van der Waals surface area contributed by atoms with Gasteiger partial charge in [-0.15, -0.1) is 0 Å². The number of nitrogens with one attached hydrogen (secondary N) is 2. The predicted molar refractivity (Wildman–Crippen MR) is 169 cm³/mol. The highest BCUT2D eigenvalue weighted by molar-refractivity contribution is 5.79. The predicted octanol–water partition coefficient (Wildman–Crippen LogP) is 2.63. The summed E-state index contributed by atoms with van der Waals surface area (Å²) < 4.78 is 31.8. The molecule has 1 aromatic rings. The molecule has 46 heavy (non-hydrogen) atoms. The zero-order valence-corrected chi connectivity index (χ0v) is 27.7. The van der Waals surface area contributed by atoms with Crippen molar-refractivity contribution in [2.45, 2.75) is 89.6 Å². The molecule has 0 spiro atoms. The topological polar surface area (TPSA) is 220 Å². The molecule has 0 radical (unpaired) electrons. The first kappa shape index (κ1) is 40.2. The lowest BCUT2D eigenvalue weighted by molar-refractivity contribution is -0.143. The third-order valence-corrected chi connectivity index (χ3v) is 7.28. The van der Waals surface area contributed by atoms with E-state index >= 15 is 0 Å². The number of benzene rings is 1. The minimum absolute atomic E-state index is 0.0311. The number of methoxy groups -OCH3 is 4. The zero-order chi connectivity index (χ0) is 34.5. The van der Waals surface area contributed by atoms with Crippen molar-refractivity contribution in [2.75, 3.05) is 48.1 Å². The largest absolute Gasteiger partial charge is 0.490 e. The summed E-state index contributed by atoms with van der Waals surface area (Å²) >= 11 is 0. The molecule has 0 aliphatic rings. The maximum absolute atomic E-state index is 12.9. The normalized spacial score (nSPS) is 12.0. The van der Waals surface area contributed by atoms with Crippen LogP contribution in [0.25, 0.3) is 0 Å². The average Bonchev–Trinajstić information content (AvgIpc) is 3.04. The lowest BCUT2D eigenvalue weighted by Crippen LogP contribution is -2.37. The molecule has 0 fully saturated rings. The summed E-state index contributed by atoms with van der Waals surface area (Å²) in [5.74, 6) is -0.949. The SMILES string of the molecule is COC(=O)[C@@H](N)CCNC(=O)Oc1c(C)c(CCCCCCCCCCO)c(OC(=O)NCC[C@H](N)C(=O)OC)c(OC)c1OC. The van der Waals surface area contributed by atoms with Crippen molar-refractivity contribution in [1.29, 1.82) is 0 Å². The fourth-order valence-electron chi connectivity index (χ4n) is 4.65.